The average Bonchev–Trinajstić information content (AvgIpc) is 2.73. The van der Waals surface area contributed by atoms with Gasteiger partial charge in [-0.1, -0.05) is 6.07 Å². The quantitative estimate of drug-likeness (QED) is 0.539. The number of rotatable bonds is 6. The van der Waals surface area contributed by atoms with Gasteiger partial charge in [0.1, 0.15) is 11.5 Å². The number of pyridine rings is 1. The Hall–Kier alpha value is -4.02. The number of hydrogen-bond acceptors (Lipinski definition) is 4. The van der Waals surface area contributed by atoms with Gasteiger partial charge in [-0.3, -0.25) is 9.78 Å². The van der Waals surface area contributed by atoms with E-state index in [1.54, 1.807) is 0 Å². The third-order valence-corrected chi connectivity index (χ3v) is 4.24. The first kappa shape index (κ1) is 22.7. The summed E-state index contributed by atoms with van der Waals surface area (Å²) in [6.45, 7) is 0. The molecule has 6 nitrogen and oxygen atoms in total. The molecule has 1 heterocycles. The third kappa shape index (κ3) is 5.36. The van der Waals surface area contributed by atoms with Crippen LogP contribution in [-0.4, -0.2) is 28.3 Å². The van der Waals surface area contributed by atoms with Crippen LogP contribution in [-0.2, 0) is 0 Å². The summed E-state index contributed by atoms with van der Waals surface area (Å²) in [6, 6.07) is 8.11. The van der Waals surface area contributed by atoms with Crippen molar-refractivity contribution in [3.63, 3.8) is 0 Å². The fourth-order valence-electron chi connectivity index (χ4n) is 2.80. The van der Waals surface area contributed by atoms with Gasteiger partial charge >= 0.3 is 12.3 Å². The minimum absolute atomic E-state index is 0.00818. The molecule has 2 N–H and O–H groups in total. The maximum Gasteiger partial charge on any atom is 0.573 e. The van der Waals surface area contributed by atoms with Gasteiger partial charge in [-0.2, -0.15) is 0 Å². The Balaban J connectivity index is 1.96. The van der Waals surface area contributed by atoms with Crippen LogP contribution in [0.1, 0.15) is 38.0 Å². The van der Waals surface area contributed by atoms with Gasteiger partial charge in [0.15, 0.2) is 11.6 Å². The Morgan fingerprint density at radius 2 is 1.62 bits per heavy atom. The van der Waals surface area contributed by atoms with Crippen LogP contribution in [0.15, 0.2) is 60.8 Å². The van der Waals surface area contributed by atoms with Gasteiger partial charge < -0.3 is 15.2 Å². The van der Waals surface area contributed by atoms with Crippen LogP contribution < -0.4 is 10.1 Å². The van der Waals surface area contributed by atoms with E-state index in [1.165, 1.54) is 36.5 Å². The largest absolute Gasteiger partial charge is 0.573 e. The molecule has 0 fully saturated rings. The molecule has 1 aromatic heterocycles. The van der Waals surface area contributed by atoms with Crippen molar-refractivity contribution >= 4 is 11.9 Å². The van der Waals surface area contributed by atoms with Gasteiger partial charge in [0, 0.05) is 11.8 Å². The minimum atomic E-state index is -5.12. The Morgan fingerprint density at radius 1 is 0.969 bits per heavy atom. The first-order valence-corrected chi connectivity index (χ1v) is 8.85. The standard InChI is InChI=1S/C21H13F5N2O4/c22-14-2-1-9-27-18(14)17(13-7-8-16(15(23)10-13)32-21(24,25)26)28-19(29)11-3-5-12(6-4-11)20(30)31/h1-10,17H,(H,28,29)(H,30,31)/t17-/m0/s1. The van der Waals surface area contributed by atoms with E-state index in [-0.39, 0.29) is 22.4 Å². The number of nitrogens with zero attached hydrogens (tertiary/aromatic N) is 1. The smallest absolute Gasteiger partial charge is 0.478 e. The van der Waals surface area contributed by atoms with E-state index in [0.29, 0.717) is 12.1 Å². The van der Waals surface area contributed by atoms with Gasteiger partial charge in [0.2, 0.25) is 0 Å². The van der Waals surface area contributed by atoms with Crippen LogP contribution in [0.3, 0.4) is 0 Å². The summed E-state index contributed by atoms with van der Waals surface area (Å²) in [5.74, 6) is -5.33. The molecule has 1 atom stereocenters. The average molecular weight is 452 g/mol. The third-order valence-electron chi connectivity index (χ3n) is 4.24. The van der Waals surface area contributed by atoms with Gasteiger partial charge in [0.05, 0.1) is 11.6 Å². The van der Waals surface area contributed by atoms with Crippen LogP contribution in [0.2, 0.25) is 0 Å². The monoisotopic (exact) mass is 452 g/mol. The van der Waals surface area contributed by atoms with E-state index in [1.807, 2.05) is 0 Å². The van der Waals surface area contributed by atoms with E-state index < -0.39 is 41.7 Å². The lowest BCUT2D eigenvalue weighted by Gasteiger charge is -2.20. The number of hydrogen-bond donors (Lipinski definition) is 2. The van der Waals surface area contributed by atoms with Crippen LogP contribution in [0.4, 0.5) is 22.0 Å². The predicted octanol–water partition coefficient (Wildman–Crippen LogP) is 4.48. The number of alkyl halides is 3. The Morgan fingerprint density at radius 3 is 2.19 bits per heavy atom. The van der Waals surface area contributed by atoms with Crippen molar-refractivity contribution in [2.75, 3.05) is 0 Å². The molecule has 0 bridgehead atoms. The van der Waals surface area contributed by atoms with Crippen molar-refractivity contribution in [2.24, 2.45) is 0 Å². The van der Waals surface area contributed by atoms with Crippen LogP contribution >= 0.6 is 0 Å². The Labute approximate surface area is 177 Å². The fourth-order valence-corrected chi connectivity index (χ4v) is 2.80. The predicted molar refractivity (Wildman–Crippen MR) is 100.0 cm³/mol. The molecule has 0 saturated heterocycles. The zero-order valence-electron chi connectivity index (χ0n) is 15.9. The van der Waals surface area contributed by atoms with E-state index >= 15 is 0 Å². The highest BCUT2D eigenvalue weighted by molar-refractivity contribution is 5.96. The molecular weight excluding hydrogens is 439 g/mol. The number of carbonyl (C=O) groups is 2. The summed E-state index contributed by atoms with van der Waals surface area (Å²) in [7, 11) is 0. The van der Waals surface area contributed by atoms with Crippen LogP contribution in [0.25, 0.3) is 0 Å². The zero-order valence-corrected chi connectivity index (χ0v) is 15.9. The molecule has 0 unspecified atom stereocenters. The maximum atomic E-state index is 14.4. The molecule has 11 heteroatoms. The fraction of sp³-hybridized carbons (Fsp3) is 0.0952. The number of carboxylic acid groups (broad SMARTS) is 1. The highest BCUT2D eigenvalue weighted by Crippen LogP contribution is 2.30. The summed E-state index contributed by atoms with van der Waals surface area (Å²) in [4.78, 5) is 27.5. The second kappa shape index (κ2) is 9.00. The number of nitrogens with one attached hydrogen (secondary N) is 1. The van der Waals surface area contributed by atoms with Crippen molar-refractivity contribution in [3.8, 4) is 5.75 Å². The highest BCUT2D eigenvalue weighted by atomic mass is 19.4. The van der Waals surface area contributed by atoms with Crippen molar-refractivity contribution in [1.82, 2.24) is 10.3 Å². The van der Waals surface area contributed by atoms with Gasteiger partial charge in [-0.05, 0) is 54.1 Å². The molecule has 1 amide bonds. The van der Waals surface area contributed by atoms with E-state index in [4.69, 9.17) is 5.11 Å². The number of ether oxygens (including phenoxy) is 1. The SMILES string of the molecule is O=C(O)c1ccc(C(=O)N[C@@H](c2ccc(OC(F)(F)F)c(F)c2)c2ncccc2F)cc1. The van der Waals surface area contributed by atoms with E-state index in [2.05, 4.69) is 15.0 Å². The summed E-state index contributed by atoms with van der Waals surface area (Å²) in [6.07, 6.45) is -3.90. The molecule has 0 aliphatic rings. The number of amides is 1. The molecule has 3 aromatic rings. The van der Waals surface area contributed by atoms with Gasteiger partial charge in [-0.15, -0.1) is 13.2 Å². The summed E-state index contributed by atoms with van der Waals surface area (Å²) >= 11 is 0. The van der Waals surface area contributed by atoms with Gasteiger partial charge in [0.25, 0.3) is 5.91 Å². The van der Waals surface area contributed by atoms with E-state index in [0.717, 1.165) is 12.1 Å². The van der Waals surface area contributed by atoms with Crippen molar-refractivity contribution in [1.29, 1.82) is 0 Å². The number of halogens is 5. The number of carboxylic acids is 1. The van der Waals surface area contributed by atoms with E-state index in [9.17, 15) is 31.5 Å². The van der Waals surface area contributed by atoms with Crippen LogP contribution in [0, 0.1) is 11.6 Å². The van der Waals surface area contributed by atoms with Crippen molar-refractivity contribution in [2.45, 2.75) is 12.4 Å². The molecule has 0 radical (unpaired) electrons. The lowest BCUT2D eigenvalue weighted by molar-refractivity contribution is -0.275. The summed E-state index contributed by atoms with van der Waals surface area (Å²) in [5, 5.41) is 11.4. The molecule has 2 aromatic carbocycles. The number of benzene rings is 2. The first-order chi connectivity index (χ1) is 15.0. The highest BCUT2D eigenvalue weighted by Gasteiger charge is 2.33. The topological polar surface area (TPSA) is 88.5 Å². The molecule has 0 spiro atoms. The molecule has 0 aliphatic carbocycles. The normalized spacial score (nSPS) is 12.2. The molecule has 166 valence electrons. The molecule has 32 heavy (non-hydrogen) atoms. The first-order valence-electron chi connectivity index (χ1n) is 8.85. The number of aromatic nitrogens is 1. The second-order valence-corrected chi connectivity index (χ2v) is 6.40. The van der Waals surface area contributed by atoms with Crippen molar-refractivity contribution in [3.05, 3.63) is 94.8 Å². The summed E-state index contributed by atoms with van der Waals surface area (Å²) in [5.41, 5.74) is -0.484. The molecular formula is C21H13F5N2O4. The molecule has 0 aliphatic heterocycles. The van der Waals surface area contributed by atoms with Crippen molar-refractivity contribution < 1.29 is 41.4 Å². The van der Waals surface area contributed by atoms with Gasteiger partial charge in [-0.25, -0.2) is 13.6 Å². The Kier molecular flexibility index (Phi) is 6.37. The lowest BCUT2D eigenvalue weighted by Crippen LogP contribution is -2.30. The number of aromatic carboxylic acids is 1. The zero-order chi connectivity index (χ0) is 23.5. The summed E-state index contributed by atoms with van der Waals surface area (Å²) < 4.78 is 69.4. The van der Waals surface area contributed by atoms with Crippen LogP contribution in [0.5, 0.6) is 5.75 Å². The minimum Gasteiger partial charge on any atom is -0.478 e. The maximum absolute atomic E-state index is 14.4. The Bertz CT molecular complexity index is 1150. The second-order valence-electron chi connectivity index (χ2n) is 6.40. The number of carbonyl (C=O) groups excluding carboxylic acids is 1. The molecule has 0 saturated carbocycles. The lowest BCUT2D eigenvalue weighted by atomic mass is 10.0. The molecule has 3 rings (SSSR count).